The Morgan fingerprint density at radius 1 is 1.00 bits per heavy atom. The van der Waals surface area contributed by atoms with E-state index in [1.807, 2.05) is 0 Å². The summed E-state index contributed by atoms with van der Waals surface area (Å²) < 4.78 is 44.7. The van der Waals surface area contributed by atoms with Crippen LogP contribution in [0.2, 0.25) is 5.02 Å². The monoisotopic (exact) mass is 421 g/mol. The molecule has 0 spiro atoms. The Balaban J connectivity index is 1.76. The normalized spacial score (nSPS) is 11.0. The smallest absolute Gasteiger partial charge is 0.417 e. The van der Waals surface area contributed by atoms with Crippen LogP contribution in [0.1, 0.15) is 5.56 Å². The van der Waals surface area contributed by atoms with E-state index in [4.69, 9.17) is 27.8 Å². The maximum absolute atomic E-state index is 13.0. The number of alkyl halides is 3. The van der Waals surface area contributed by atoms with Crippen LogP contribution in [0.25, 0.3) is 0 Å². The van der Waals surface area contributed by atoms with E-state index in [0.717, 1.165) is 6.07 Å². The molecule has 29 heavy (non-hydrogen) atoms. The van der Waals surface area contributed by atoms with Crippen molar-refractivity contribution in [3.8, 4) is 11.5 Å². The first-order valence-electron chi connectivity index (χ1n) is 8.18. The summed E-state index contributed by atoms with van der Waals surface area (Å²) in [5, 5.41) is 2.54. The lowest BCUT2D eigenvalue weighted by Gasteiger charge is -2.13. The third-order valence-electron chi connectivity index (χ3n) is 3.59. The maximum Gasteiger partial charge on any atom is 0.417 e. The van der Waals surface area contributed by atoms with Crippen LogP contribution in [0.4, 0.5) is 30.4 Å². The fraction of sp³-hybridized carbons (Fsp3) is 0.0526. The van der Waals surface area contributed by atoms with E-state index in [2.05, 4.69) is 15.3 Å². The molecule has 0 aliphatic rings. The van der Waals surface area contributed by atoms with Crippen LogP contribution in [0.15, 0.2) is 65.8 Å². The van der Waals surface area contributed by atoms with Crippen molar-refractivity contribution in [2.75, 3.05) is 5.32 Å². The summed E-state index contributed by atoms with van der Waals surface area (Å²) in [7, 11) is 0. The van der Waals surface area contributed by atoms with Gasteiger partial charge in [-0.1, -0.05) is 17.7 Å². The minimum atomic E-state index is -4.54. The van der Waals surface area contributed by atoms with Gasteiger partial charge in [-0.15, -0.1) is 0 Å². The second-order valence-electron chi connectivity index (χ2n) is 5.84. The Bertz CT molecular complexity index is 1030. The lowest BCUT2D eigenvalue weighted by atomic mass is 10.2. The summed E-state index contributed by atoms with van der Waals surface area (Å²) in [6, 6.07) is 13.5. The lowest BCUT2D eigenvalue weighted by molar-refractivity contribution is -0.137. The second kappa shape index (κ2) is 8.27. The molecule has 150 valence electrons. The predicted molar refractivity (Wildman–Crippen MR) is 106 cm³/mol. The highest BCUT2D eigenvalue weighted by atomic mass is 35.5. The number of aromatic nitrogens is 1. The molecule has 3 rings (SSSR count). The van der Waals surface area contributed by atoms with Crippen LogP contribution in [0.3, 0.4) is 0 Å². The fourth-order valence-electron chi connectivity index (χ4n) is 2.39. The predicted octanol–water partition coefficient (Wildman–Crippen LogP) is 5.19. The molecule has 5 N–H and O–H groups in total. The van der Waals surface area contributed by atoms with Gasteiger partial charge in [0.1, 0.15) is 11.5 Å². The van der Waals surface area contributed by atoms with Gasteiger partial charge < -0.3 is 21.5 Å². The van der Waals surface area contributed by atoms with E-state index >= 15 is 0 Å². The number of ether oxygens (including phenoxy) is 1. The van der Waals surface area contributed by atoms with Gasteiger partial charge in [0.15, 0.2) is 11.8 Å². The van der Waals surface area contributed by atoms with Crippen molar-refractivity contribution in [3.05, 3.63) is 71.4 Å². The third kappa shape index (κ3) is 5.52. The molecule has 0 aliphatic carbocycles. The number of aliphatic imine (C=N–C) groups is 1. The minimum absolute atomic E-state index is 0.110. The number of hydrogen-bond acceptors (Lipinski definition) is 4. The standard InChI is InChI=1S/C19H15ClF3N5O/c20-16-6-4-12(9-15(16)19(21,22)23)27-11-2-1-3-13(8-11)29-14-5-7-17(26-10-14)28-18(24)25/h1-10,27H,(H4,24,25,26,28). The van der Waals surface area contributed by atoms with Crippen molar-refractivity contribution < 1.29 is 17.9 Å². The van der Waals surface area contributed by atoms with E-state index in [1.54, 1.807) is 36.4 Å². The number of halogens is 4. The number of anilines is 2. The molecule has 0 saturated carbocycles. The molecule has 0 aliphatic heterocycles. The molecule has 0 bridgehead atoms. The average Bonchev–Trinajstić information content (AvgIpc) is 2.64. The zero-order chi connectivity index (χ0) is 21.0. The first-order valence-corrected chi connectivity index (χ1v) is 8.56. The molecule has 0 unspecified atom stereocenters. The van der Waals surface area contributed by atoms with Crippen LogP contribution in [0, 0.1) is 0 Å². The first-order chi connectivity index (χ1) is 13.7. The van der Waals surface area contributed by atoms with Crippen LogP contribution in [0.5, 0.6) is 11.5 Å². The summed E-state index contributed by atoms with van der Waals surface area (Å²) in [5.41, 5.74) is 10.4. The van der Waals surface area contributed by atoms with Gasteiger partial charge in [-0.2, -0.15) is 18.2 Å². The van der Waals surface area contributed by atoms with Gasteiger partial charge >= 0.3 is 6.18 Å². The number of nitrogens with one attached hydrogen (secondary N) is 1. The third-order valence-corrected chi connectivity index (χ3v) is 3.92. The minimum Gasteiger partial charge on any atom is -0.456 e. The van der Waals surface area contributed by atoms with E-state index in [1.165, 1.54) is 18.3 Å². The zero-order valence-corrected chi connectivity index (χ0v) is 15.5. The average molecular weight is 422 g/mol. The number of rotatable bonds is 5. The van der Waals surface area contributed by atoms with Gasteiger partial charge in [0.05, 0.1) is 16.8 Å². The highest BCUT2D eigenvalue weighted by Crippen LogP contribution is 2.37. The number of guanidine groups is 1. The highest BCUT2D eigenvalue weighted by molar-refractivity contribution is 6.31. The molecule has 1 aromatic heterocycles. The van der Waals surface area contributed by atoms with Crippen molar-refractivity contribution in [3.63, 3.8) is 0 Å². The van der Waals surface area contributed by atoms with E-state index in [0.29, 0.717) is 23.0 Å². The lowest BCUT2D eigenvalue weighted by Crippen LogP contribution is -2.22. The number of nitrogens with zero attached hydrogens (tertiary/aromatic N) is 2. The molecule has 10 heteroatoms. The Kier molecular flexibility index (Phi) is 5.79. The number of benzene rings is 2. The zero-order valence-electron chi connectivity index (χ0n) is 14.7. The van der Waals surface area contributed by atoms with Crippen LogP contribution in [-0.2, 0) is 6.18 Å². The molecule has 1 heterocycles. The first kappa shape index (κ1) is 20.3. The molecule has 2 aromatic carbocycles. The summed E-state index contributed by atoms with van der Waals surface area (Å²) in [5.74, 6) is 1.11. The van der Waals surface area contributed by atoms with Crippen LogP contribution >= 0.6 is 11.6 Å². The Morgan fingerprint density at radius 2 is 1.76 bits per heavy atom. The topological polar surface area (TPSA) is 98.6 Å². The van der Waals surface area contributed by atoms with E-state index in [-0.39, 0.29) is 16.7 Å². The quantitative estimate of drug-likeness (QED) is 0.388. The van der Waals surface area contributed by atoms with E-state index in [9.17, 15) is 13.2 Å². The molecular formula is C19H15ClF3N5O. The second-order valence-corrected chi connectivity index (χ2v) is 6.24. The molecule has 3 aromatic rings. The number of pyridine rings is 1. The number of hydrogen-bond donors (Lipinski definition) is 3. The van der Waals surface area contributed by atoms with Gasteiger partial charge in [0.2, 0.25) is 0 Å². The van der Waals surface area contributed by atoms with Gasteiger partial charge in [-0.3, -0.25) is 0 Å². The molecule has 0 saturated heterocycles. The molecule has 6 nitrogen and oxygen atoms in total. The van der Waals surface area contributed by atoms with Gasteiger partial charge in [-0.25, -0.2) is 4.98 Å². The van der Waals surface area contributed by atoms with Crippen molar-refractivity contribution in [1.82, 2.24) is 4.98 Å². The summed E-state index contributed by atoms with van der Waals surface area (Å²) >= 11 is 5.64. The highest BCUT2D eigenvalue weighted by Gasteiger charge is 2.33. The van der Waals surface area contributed by atoms with Crippen LogP contribution < -0.4 is 21.5 Å². The molecular weight excluding hydrogens is 407 g/mol. The summed E-state index contributed by atoms with van der Waals surface area (Å²) in [4.78, 5) is 7.84. The Hall–Kier alpha value is -3.46. The van der Waals surface area contributed by atoms with Crippen LogP contribution in [-0.4, -0.2) is 10.9 Å². The fourth-order valence-corrected chi connectivity index (χ4v) is 2.62. The SMILES string of the molecule is NC(N)=Nc1ccc(Oc2cccc(Nc3ccc(Cl)c(C(F)(F)F)c3)c2)cn1. The molecule has 0 fully saturated rings. The van der Waals surface area contributed by atoms with Crippen molar-refractivity contribution in [1.29, 1.82) is 0 Å². The van der Waals surface area contributed by atoms with Crippen molar-refractivity contribution >= 4 is 34.8 Å². The molecule has 0 amide bonds. The van der Waals surface area contributed by atoms with Gasteiger partial charge in [0, 0.05) is 17.4 Å². The number of nitrogens with two attached hydrogens (primary N) is 2. The Labute approximate surface area is 169 Å². The molecule has 0 radical (unpaired) electrons. The largest absolute Gasteiger partial charge is 0.456 e. The molecule has 0 atom stereocenters. The van der Waals surface area contributed by atoms with Crippen molar-refractivity contribution in [2.24, 2.45) is 16.5 Å². The Morgan fingerprint density at radius 3 is 2.41 bits per heavy atom. The van der Waals surface area contributed by atoms with Gasteiger partial charge in [0.25, 0.3) is 0 Å². The summed E-state index contributed by atoms with van der Waals surface area (Å²) in [6.45, 7) is 0. The van der Waals surface area contributed by atoms with E-state index < -0.39 is 11.7 Å². The summed E-state index contributed by atoms with van der Waals surface area (Å²) in [6.07, 6.45) is -3.10. The van der Waals surface area contributed by atoms with Crippen molar-refractivity contribution in [2.45, 2.75) is 6.18 Å². The maximum atomic E-state index is 13.0. The van der Waals surface area contributed by atoms with Gasteiger partial charge in [-0.05, 0) is 42.5 Å².